The third kappa shape index (κ3) is 5.90. The highest BCUT2D eigenvalue weighted by Gasteiger charge is 2.22. The molecule has 3 aromatic carbocycles. The molecular weight excluding hydrogens is 569 g/mol. The van der Waals surface area contributed by atoms with Gasteiger partial charge in [-0.1, -0.05) is 46.6 Å². The minimum atomic E-state index is -0.468. The van der Waals surface area contributed by atoms with E-state index in [0.29, 0.717) is 38.6 Å². The van der Waals surface area contributed by atoms with Crippen molar-refractivity contribution in [3.63, 3.8) is 0 Å². The van der Waals surface area contributed by atoms with Crippen molar-refractivity contribution >= 4 is 51.3 Å². The van der Waals surface area contributed by atoms with Crippen LogP contribution in [0.15, 0.2) is 74.8 Å². The SMILES string of the molecule is COc1ccc(/C=N\NC(=O)c2c(-c3ccccc3Cl)noc2C)cc1COc1ccc(Cl)cc1Br. The van der Waals surface area contributed by atoms with E-state index >= 15 is 0 Å². The fourth-order valence-electron chi connectivity index (χ4n) is 3.44. The van der Waals surface area contributed by atoms with E-state index in [1.165, 1.54) is 6.21 Å². The average molecular weight is 589 g/mol. The molecule has 0 fully saturated rings. The molecule has 0 spiro atoms. The minimum Gasteiger partial charge on any atom is -0.496 e. The normalized spacial score (nSPS) is 11.0. The van der Waals surface area contributed by atoms with E-state index in [1.807, 2.05) is 18.2 Å². The van der Waals surface area contributed by atoms with Gasteiger partial charge in [0.05, 0.1) is 22.8 Å². The van der Waals surface area contributed by atoms with Crippen LogP contribution in [0.4, 0.5) is 0 Å². The van der Waals surface area contributed by atoms with Gasteiger partial charge in [-0.3, -0.25) is 4.79 Å². The van der Waals surface area contributed by atoms with Gasteiger partial charge in [0, 0.05) is 16.1 Å². The number of halogens is 3. The van der Waals surface area contributed by atoms with Crippen LogP contribution < -0.4 is 14.9 Å². The van der Waals surface area contributed by atoms with E-state index in [0.717, 1.165) is 15.6 Å². The first kappa shape index (κ1) is 25.8. The molecule has 0 unspecified atom stereocenters. The molecule has 10 heteroatoms. The molecular formula is C26H20BrCl2N3O4. The minimum absolute atomic E-state index is 0.249. The van der Waals surface area contributed by atoms with E-state index in [-0.39, 0.29) is 12.2 Å². The van der Waals surface area contributed by atoms with Gasteiger partial charge in [-0.2, -0.15) is 5.10 Å². The summed E-state index contributed by atoms with van der Waals surface area (Å²) in [5.41, 5.74) is 5.27. The Morgan fingerprint density at radius 1 is 1.14 bits per heavy atom. The van der Waals surface area contributed by atoms with Crippen molar-refractivity contribution in [3.8, 4) is 22.8 Å². The van der Waals surface area contributed by atoms with E-state index < -0.39 is 5.91 Å². The summed E-state index contributed by atoms with van der Waals surface area (Å²) < 4.78 is 17.4. The molecule has 0 bridgehead atoms. The van der Waals surface area contributed by atoms with Gasteiger partial charge in [0.25, 0.3) is 5.91 Å². The topological polar surface area (TPSA) is 86.0 Å². The molecule has 0 aliphatic heterocycles. The Kier molecular flexibility index (Phi) is 8.30. The summed E-state index contributed by atoms with van der Waals surface area (Å²) in [6.45, 7) is 1.90. The van der Waals surface area contributed by atoms with Crippen molar-refractivity contribution in [3.05, 3.63) is 97.6 Å². The van der Waals surface area contributed by atoms with Crippen LogP contribution >= 0.6 is 39.1 Å². The number of aromatic nitrogens is 1. The first-order valence-corrected chi connectivity index (χ1v) is 12.2. The lowest BCUT2D eigenvalue weighted by atomic mass is 10.1. The summed E-state index contributed by atoms with van der Waals surface area (Å²) in [6.07, 6.45) is 1.52. The van der Waals surface area contributed by atoms with Gasteiger partial charge in [0.15, 0.2) is 0 Å². The maximum Gasteiger partial charge on any atom is 0.277 e. The van der Waals surface area contributed by atoms with Gasteiger partial charge < -0.3 is 14.0 Å². The predicted octanol–water partition coefficient (Wildman–Crippen LogP) is 7.07. The number of carbonyl (C=O) groups is 1. The third-order valence-electron chi connectivity index (χ3n) is 5.18. The summed E-state index contributed by atoms with van der Waals surface area (Å²) in [5, 5.41) is 9.18. The van der Waals surface area contributed by atoms with Crippen LogP contribution in [0.5, 0.6) is 11.5 Å². The predicted molar refractivity (Wildman–Crippen MR) is 143 cm³/mol. The van der Waals surface area contributed by atoms with E-state index in [9.17, 15) is 4.79 Å². The molecule has 4 rings (SSSR count). The zero-order valence-electron chi connectivity index (χ0n) is 19.2. The maximum atomic E-state index is 12.9. The summed E-state index contributed by atoms with van der Waals surface area (Å²) >= 11 is 15.7. The first-order chi connectivity index (χ1) is 17.4. The summed E-state index contributed by atoms with van der Waals surface area (Å²) in [4.78, 5) is 12.9. The van der Waals surface area contributed by atoms with Crippen LogP contribution in [0.25, 0.3) is 11.3 Å². The Balaban J connectivity index is 1.48. The largest absolute Gasteiger partial charge is 0.496 e. The maximum absolute atomic E-state index is 12.9. The van der Waals surface area contributed by atoms with Gasteiger partial charge in [0.1, 0.15) is 35.1 Å². The number of hydrazone groups is 1. The fourth-order valence-corrected chi connectivity index (χ4v) is 4.46. The molecule has 0 saturated heterocycles. The monoisotopic (exact) mass is 587 g/mol. The molecule has 7 nitrogen and oxygen atoms in total. The molecule has 184 valence electrons. The lowest BCUT2D eigenvalue weighted by Crippen LogP contribution is -2.19. The number of aryl methyl sites for hydroxylation is 1. The second-order valence-electron chi connectivity index (χ2n) is 7.58. The van der Waals surface area contributed by atoms with Gasteiger partial charge in [0.2, 0.25) is 0 Å². The number of nitrogens with zero attached hydrogens (tertiary/aromatic N) is 2. The van der Waals surface area contributed by atoms with Crippen molar-refractivity contribution in [2.45, 2.75) is 13.5 Å². The molecule has 0 atom stereocenters. The number of ether oxygens (including phenoxy) is 2. The highest BCUT2D eigenvalue weighted by Crippen LogP contribution is 2.31. The smallest absolute Gasteiger partial charge is 0.277 e. The lowest BCUT2D eigenvalue weighted by molar-refractivity contribution is 0.0954. The van der Waals surface area contributed by atoms with Crippen LogP contribution in [-0.4, -0.2) is 24.4 Å². The Hall–Kier alpha value is -3.33. The molecule has 1 amide bonds. The summed E-state index contributed by atoms with van der Waals surface area (Å²) in [5.74, 6) is 1.19. The first-order valence-electron chi connectivity index (χ1n) is 10.7. The number of amides is 1. The fraction of sp³-hybridized carbons (Fsp3) is 0.115. The Morgan fingerprint density at radius 3 is 2.67 bits per heavy atom. The zero-order valence-corrected chi connectivity index (χ0v) is 22.3. The van der Waals surface area contributed by atoms with Crippen LogP contribution in [-0.2, 0) is 6.61 Å². The highest BCUT2D eigenvalue weighted by atomic mass is 79.9. The molecule has 1 N–H and O–H groups in total. The van der Waals surface area contributed by atoms with E-state index in [2.05, 4.69) is 31.6 Å². The molecule has 1 heterocycles. The van der Waals surface area contributed by atoms with Crippen molar-refractivity contribution < 1.29 is 18.8 Å². The van der Waals surface area contributed by atoms with Crippen LogP contribution in [0.2, 0.25) is 10.0 Å². The average Bonchev–Trinajstić information content (AvgIpc) is 3.25. The van der Waals surface area contributed by atoms with Crippen LogP contribution in [0.3, 0.4) is 0 Å². The number of hydrogen-bond acceptors (Lipinski definition) is 6. The van der Waals surface area contributed by atoms with Crippen molar-refractivity contribution in [2.75, 3.05) is 7.11 Å². The number of nitrogens with one attached hydrogen (secondary N) is 1. The second-order valence-corrected chi connectivity index (χ2v) is 9.27. The van der Waals surface area contributed by atoms with Gasteiger partial charge in [-0.05, 0) is 70.9 Å². The van der Waals surface area contributed by atoms with Gasteiger partial charge in [-0.15, -0.1) is 0 Å². The van der Waals surface area contributed by atoms with Gasteiger partial charge >= 0.3 is 0 Å². The standard InChI is InChI=1S/C26H20BrCl2N3O4/c1-15-24(25(32-36-15)19-5-3-4-6-21(19)29)26(33)31-30-13-16-7-9-22(34-2)17(11-16)14-35-23-10-8-18(28)12-20(23)27/h3-13H,14H2,1-2H3,(H,31,33)/b30-13-. The van der Waals surface area contributed by atoms with E-state index in [1.54, 1.807) is 56.5 Å². The summed E-state index contributed by atoms with van der Waals surface area (Å²) in [7, 11) is 1.59. The quantitative estimate of drug-likeness (QED) is 0.176. The van der Waals surface area contributed by atoms with Crippen molar-refractivity contribution in [1.29, 1.82) is 0 Å². The molecule has 0 radical (unpaired) electrons. The third-order valence-corrected chi connectivity index (χ3v) is 6.36. The van der Waals surface area contributed by atoms with Crippen LogP contribution in [0.1, 0.15) is 27.2 Å². The van der Waals surface area contributed by atoms with E-state index in [4.69, 9.17) is 37.2 Å². The van der Waals surface area contributed by atoms with Crippen LogP contribution in [0, 0.1) is 6.92 Å². The molecule has 0 aliphatic carbocycles. The molecule has 36 heavy (non-hydrogen) atoms. The van der Waals surface area contributed by atoms with Crippen molar-refractivity contribution in [2.24, 2.45) is 5.10 Å². The highest BCUT2D eigenvalue weighted by molar-refractivity contribution is 9.10. The van der Waals surface area contributed by atoms with Crippen molar-refractivity contribution in [1.82, 2.24) is 10.6 Å². The number of rotatable bonds is 8. The second kappa shape index (κ2) is 11.6. The number of methoxy groups -OCH3 is 1. The Bertz CT molecular complexity index is 1440. The Morgan fingerprint density at radius 2 is 1.92 bits per heavy atom. The Labute approximate surface area is 226 Å². The number of hydrogen-bond donors (Lipinski definition) is 1. The van der Waals surface area contributed by atoms with Gasteiger partial charge in [-0.25, -0.2) is 5.43 Å². The molecule has 0 saturated carbocycles. The summed E-state index contributed by atoms with van der Waals surface area (Å²) in [6, 6.07) is 17.9. The molecule has 1 aromatic heterocycles. The zero-order chi connectivity index (χ0) is 25.7. The number of benzene rings is 3. The number of carbonyl (C=O) groups excluding carboxylic acids is 1. The molecule has 4 aromatic rings. The molecule has 0 aliphatic rings. The lowest BCUT2D eigenvalue weighted by Gasteiger charge is -2.12.